The van der Waals surface area contributed by atoms with Crippen LogP contribution >= 0.6 is 0 Å². The fourth-order valence-corrected chi connectivity index (χ4v) is 12.2. The van der Waals surface area contributed by atoms with Gasteiger partial charge in [0.25, 0.3) is 5.82 Å². The monoisotopic (exact) mass is 590 g/mol. The molecule has 8 aliphatic carbocycles. The van der Waals surface area contributed by atoms with Crippen molar-refractivity contribution in [2.24, 2.45) is 42.6 Å². The molecule has 0 aliphatic heterocycles. The van der Waals surface area contributed by atoms with Crippen molar-refractivity contribution in [1.29, 1.82) is 0 Å². The van der Waals surface area contributed by atoms with E-state index in [-0.39, 0.29) is 16.4 Å². The molecule has 0 saturated heterocycles. The lowest BCUT2D eigenvalue weighted by molar-refractivity contribution is -0.743. The van der Waals surface area contributed by atoms with Crippen LogP contribution in [0.2, 0.25) is 0 Å². The van der Waals surface area contributed by atoms with Gasteiger partial charge in [-0.1, -0.05) is 12.1 Å². The van der Waals surface area contributed by atoms with Crippen molar-refractivity contribution in [1.82, 2.24) is 19.5 Å². The van der Waals surface area contributed by atoms with Gasteiger partial charge in [-0.05, 0) is 152 Å². The summed E-state index contributed by atoms with van der Waals surface area (Å²) in [7, 11) is 2.21. The summed E-state index contributed by atoms with van der Waals surface area (Å²) >= 11 is 0. The average Bonchev–Trinajstić information content (AvgIpc) is 3.26. The van der Waals surface area contributed by atoms with Crippen molar-refractivity contribution in [2.45, 2.75) is 128 Å². The Morgan fingerprint density at radius 1 is 0.705 bits per heavy atom. The fraction of sp³-hybridized carbons (Fsp3) is 0.692. The first-order chi connectivity index (χ1) is 21.0. The van der Waals surface area contributed by atoms with Gasteiger partial charge in [-0.25, -0.2) is 24.1 Å². The summed E-state index contributed by atoms with van der Waals surface area (Å²) in [5, 5.41) is 0. The highest BCUT2D eigenvalue weighted by Crippen LogP contribution is 2.62. The second-order valence-corrected chi connectivity index (χ2v) is 17.9. The van der Waals surface area contributed by atoms with Crippen LogP contribution in [0.5, 0.6) is 0 Å². The molecule has 5 nitrogen and oxygen atoms in total. The van der Waals surface area contributed by atoms with Crippen molar-refractivity contribution >= 4 is 0 Å². The lowest BCUT2D eigenvalue weighted by atomic mass is 9.49. The maximum Gasteiger partial charge on any atom is 0.289 e. The minimum absolute atomic E-state index is 0.0195. The molecule has 232 valence electrons. The first kappa shape index (κ1) is 27.7. The van der Waals surface area contributed by atoms with Crippen molar-refractivity contribution in [3.05, 3.63) is 47.3 Å². The third-order valence-electron chi connectivity index (χ3n) is 13.5. The molecule has 8 aliphatic rings. The normalized spacial score (nSPS) is 36.9. The molecule has 8 fully saturated rings. The van der Waals surface area contributed by atoms with E-state index in [1.54, 1.807) is 0 Å². The van der Waals surface area contributed by atoms with Gasteiger partial charge in [0.1, 0.15) is 29.1 Å². The summed E-state index contributed by atoms with van der Waals surface area (Å²) in [5.74, 6) is 9.81. The number of aromatic nitrogens is 5. The van der Waals surface area contributed by atoms with Gasteiger partial charge in [0.05, 0.1) is 12.6 Å². The lowest BCUT2D eigenvalue weighted by Gasteiger charge is -2.57. The van der Waals surface area contributed by atoms with Crippen molar-refractivity contribution in [2.75, 3.05) is 0 Å². The number of nitrogens with zero attached hydrogens (tertiary/aromatic N) is 5. The minimum Gasteiger partial charge on any atom is -0.230 e. The van der Waals surface area contributed by atoms with Gasteiger partial charge in [-0.15, -0.1) is 0 Å². The predicted octanol–water partition coefficient (Wildman–Crippen LogP) is 8.14. The minimum atomic E-state index is -0.0195. The number of rotatable bonds is 4. The third-order valence-corrected chi connectivity index (χ3v) is 13.5. The van der Waals surface area contributed by atoms with Gasteiger partial charge in [0.15, 0.2) is 5.82 Å². The Kier molecular flexibility index (Phi) is 5.83. The first-order valence-corrected chi connectivity index (χ1v) is 17.9. The SMILES string of the molecule is Cc1ccc(-c2nc(C34CC5CC(CC(C5)C3)C4)nc(C34CC5CC(CC(C5)C3)C4)n2)cc1-c1n(C)c(C)c[n+]1C(C)(C)C. The van der Waals surface area contributed by atoms with Crippen LogP contribution in [0.3, 0.4) is 0 Å². The average molecular weight is 591 g/mol. The smallest absolute Gasteiger partial charge is 0.230 e. The molecular weight excluding hydrogens is 538 g/mol. The maximum absolute atomic E-state index is 5.67. The number of imidazole rings is 1. The summed E-state index contributed by atoms with van der Waals surface area (Å²) in [5.41, 5.74) is 5.32. The summed E-state index contributed by atoms with van der Waals surface area (Å²) in [6.45, 7) is 11.4. The zero-order chi connectivity index (χ0) is 30.2. The van der Waals surface area contributed by atoms with Crippen LogP contribution < -0.4 is 4.57 Å². The molecule has 0 atom stereocenters. The van der Waals surface area contributed by atoms with Crippen LogP contribution in [0.1, 0.15) is 121 Å². The Hall–Kier alpha value is -2.56. The van der Waals surface area contributed by atoms with Crippen LogP contribution in [-0.4, -0.2) is 19.5 Å². The van der Waals surface area contributed by atoms with E-state index in [0.29, 0.717) is 0 Å². The molecule has 0 N–H and O–H groups in total. The highest BCUT2D eigenvalue weighted by Gasteiger charge is 2.56. The molecule has 1 aromatic carbocycles. The molecule has 2 aromatic heterocycles. The van der Waals surface area contributed by atoms with E-state index in [4.69, 9.17) is 15.0 Å². The van der Waals surface area contributed by atoms with Gasteiger partial charge >= 0.3 is 0 Å². The summed E-state index contributed by atoms with van der Waals surface area (Å²) < 4.78 is 4.80. The number of aryl methyl sites for hydroxylation is 2. The van der Waals surface area contributed by atoms with E-state index in [2.05, 4.69) is 75.2 Å². The number of hydrogen-bond donors (Lipinski definition) is 0. The fourth-order valence-electron chi connectivity index (χ4n) is 12.2. The van der Waals surface area contributed by atoms with Crippen molar-refractivity contribution < 1.29 is 4.57 Å². The highest BCUT2D eigenvalue weighted by atomic mass is 15.2. The quantitative estimate of drug-likeness (QED) is 0.288. The topological polar surface area (TPSA) is 47.5 Å². The molecule has 44 heavy (non-hydrogen) atoms. The van der Waals surface area contributed by atoms with E-state index in [1.165, 1.54) is 111 Å². The Labute approximate surface area is 264 Å². The van der Waals surface area contributed by atoms with E-state index >= 15 is 0 Å². The van der Waals surface area contributed by atoms with Crippen LogP contribution in [0.25, 0.3) is 22.8 Å². The van der Waals surface area contributed by atoms with E-state index in [1.807, 2.05) is 0 Å². The van der Waals surface area contributed by atoms with E-state index < -0.39 is 0 Å². The molecule has 0 amide bonds. The molecule has 0 radical (unpaired) electrons. The molecule has 5 heteroatoms. The maximum atomic E-state index is 5.67. The second kappa shape index (κ2) is 9.26. The first-order valence-electron chi connectivity index (χ1n) is 17.9. The Morgan fingerprint density at radius 3 is 1.59 bits per heavy atom. The molecular formula is C39H52N5+. The highest BCUT2D eigenvalue weighted by molar-refractivity contribution is 5.68. The molecule has 8 bridgehead atoms. The molecule has 0 unspecified atom stereocenters. The number of hydrogen-bond acceptors (Lipinski definition) is 3. The molecule has 0 spiro atoms. The Balaban J connectivity index is 1.21. The predicted molar refractivity (Wildman–Crippen MR) is 174 cm³/mol. The second-order valence-electron chi connectivity index (χ2n) is 17.9. The van der Waals surface area contributed by atoms with Gasteiger partial charge in [0.2, 0.25) is 0 Å². The van der Waals surface area contributed by atoms with E-state index in [0.717, 1.165) is 46.9 Å². The molecule has 2 heterocycles. The van der Waals surface area contributed by atoms with Crippen LogP contribution in [-0.2, 0) is 23.4 Å². The lowest BCUT2D eigenvalue weighted by Crippen LogP contribution is -2.51. The zero-order valence-electron chi connectivity index (χ0n) is 28.0. The standard InChI is InChI=1S/C39H52N5/c1-23-7-8-31(15-32(23)34-43(6)24(2)22-44(34)37(3,4)5)33-40-35(38-16-25-9-26(17-38)11-27(10-25)18-38)42-36(41-33)39-19-28-12-29(20-39)14-30(13-28)21-39/h7-8,15,22,25-30H,9-14,16-21H2,1-6H3/q+1. The van der Waals surface area contributed by atoms with Crippen molar-refractivity contribution in [3.63, 3.8) is 0 Å². The van der Waals surface area contributed by atoms with Crippen LogP contribution in [0.15, 0.2) is 24.4 Å². The molecule has 11 rings (SSSR count). The summed E-state index contributed by atoms with van der Waals surface area (Å²) in [4.78, 5) is 16.8. The summed E-state index contributed by atoms with van der Waals surface area (Å²) in [6.07, 6.45) is 18.8. The van der Waals surface area contributed by atoms with Crippen molar-refractivity contribution in [3.8, 4) is 22.8 Å². The van der Waals surface area contributed by atoms with Gasteiger partial charge < -0.3 is 0 Å². The summed E-state index contributed by atoms with van der Waals surface area (Å²) in [6, 6.07) is 6.99. The van der Waals surface area contributed by atoms with Crippen LogP contribution in [0.4, 0.5) is 0 Å². The van der Waals surface area contributed by atoms with Gasteiger partial charge in [-0.3, -0.25) is 0 Å². The Morgan fingerprint density at radius 2 is 1.16 bits per heavy atom. The largest absolute Gasteiger partial charge is 0.289 e. The number of benzene rings is 1. The molecule has 3 aromatic rings. The Bertz CT molecular complexity index is 1520. The van der Waals surface area contributed by atoms with E-state index in [9.17, 15) is 0 Å². The van der Waals surface area contributed by atoms with Gasteiger partial charge in [0, 0.05) is 23.3 Å². The zero-order valence-corrected chi connectivity index (χ0v) is 28.0. The van der Waals surface area contributed by atoms with Gasteiger partial charge in [-0.2, -0.15) is 0 Å². The molecule has 8 saturated carbocycles. The van der Waals surface area contributed by atoms with Crippen LogP contribution in [0, 0.1) is 49.4 Å². The third kappa shape index (κ3) is 4.15.